The lowest BCUT2D eigenvalue weighted by Crippen LogP contribution is -2.17. The number of carbonyl (C=O) groups excluding carboxylic acids is 1. The van der Waals surface area contributed by atoms with Gasteiger partial charge in [0, 0.05) is 10.6 Å². The number of nitrogens with one attached hydrogen (secondary N) is 1. The van der Waals surface area contributed by atoms with Crippen LogP contribution in [0.4, 0.5) is 0 Å². The Hall–Kier alpha value is -2.05. The molecule has 0 aliphatic carbocycles. The van der Waals surface area contributed by atoms with Crippen molar-refractivity contribution in [3.05, 3.63) is 57.0 Å². The molecule has 1 amide bonds. The molecule has 2 rings (SSSR count). The van der Waals surface area contributed by atoms with Crippen LogP contribution >= 0.6 is 27.5 Å². The SMILES string of the molecule is O=C(N/N=C\c1cc(O)c(O)c(Br)c1)c1ccc(Cl)cc1. The van der Waals surface area contributed by atoms with Crippen molar-refractivity contribution in [2.75, 3.05) is 0 Å². The Balaban J connectivity index is 2.05. The molecule has 0 bridgehead atoms. The number of phenolic OH excluding ortho intramolecular Hbond substituents is 2. The van der Waals surface area contributed by atoms with E-state index in [1.807, 2.05) is 0 Å². The molecule has 0 atom stereocenters. The topological polar surface area (TPSA) is 81.9 Å². The average Bonchev–Trinajstić information content (AvgIpc) is 2.45. The monoisotopic (exact) mass is 368 g/mol. The largest absolute Gasteiger partial charge is 0.504 e. The Kier molecular flexibility index (Phi) is 4.82. The Morgan fingerprint density at radius 1 is 1.24 bits per heavy atom. The van der Waals surface area contributed by atoms with Crippen LogP contribution in [0.3, 0.4) is 0 Å². The first-order chi connectivity index (χ1) is 9.97. The van der Waals surface area contributed by atoms with Crippen LogP contribution in [-0.4, -0.2) is 22.3 Å². The van der Waals surface area contributed by atoms with Gasteiger partial charge in [0.1, 0.15) is 0 Å². The second-order valence-corrected chi connectivity index (χ2v) is 5.37. The van der Waals surface area contributed by atoms with Crippen molar-refractivity contribution in [2.24, 2.45) is 5.10 Å². The molecule has 0 unspecified atom stereocenters. The lowest BCUT2D eigenvalue weighted by molar-refractivity contribution is 0.0955. The molecule has 0 spiro atoms. The highest BCUT2D eigenvalue weighted by Gasteiger charge is 2.06. The molecule has 0 aliphatic rings. The van der Waals surface area contributed by atoms with Gasteiger partial charge in [-0.25, -0.2) is 5.43 Å². The summed E-state index contributed by atoms with van der Waals surface area (Å²) in [6.45, 7) is 0. The maximum Gasteiger partial charge on any atom is 0.271 e. The zero-order valence-electron chi connectivity index (χ0n) is 10.5. The molecule has 2 aromatic rings. The van der Waals surface area contributed by atoms with E-state index in [1.165, 1.54) is 12.3 Å². The fraction of sp³-hybridized carbons (Fsp3) is 0. The number of aromatic hydroxyl groups is 2. The predicted molar refractivity (Wildman–Crippen MR) is 84.0 cm³/mol. The zero-order valence-corrected chi connectivity index (χ0v) is 12.9. The molecule has 0 aromatic heterocycles. The predicted octanol–water partition coefficient (Wildman–Crippen LogP) is 3.28. The highest BCUT2D eigenvalue weighted by Crippen LogP contribution is 2.33. The van der Waals surface area contributed by atoms with Crippen LogP contribution in [0.15, 0.2) is 46.0 Å². The number of halogens is 2. The van der Waals surface area contributed by atoms with Crippen molar-refractivity contribution in [3.8, 4) is 11.5 Å². The summed E-state index contributed by atoms with van der Waals surface area (Å²) < 4.78 is 0.327. The summed E-state index contributed by atoms with van der Waals surface area (Å²) >= 11 is 8.82. The van der Waals surface area contributed by atoms with Crippen LogP contribution in [0.1, 0.15) is 15.9 Å². The summed E-state index contributed by atoms with van der Waals surface area (Å²) in [7, 11) is 0. The number of nitrogens with zero attached hydrogens (tertiary/aromatic N) is 1. The minimum absolute atomic E-state index is 0.252. The maximum atomic E-state index is 11.8. The standard InChI is InChI=1S/C14H10BrClN2O3/c15-11-5-8(6-12(19)13(11)20)7-17-18-14(21)9-1-3-10(16)4-2-9/h1-7,19-20H,(H,18,21)/b17-7-. The van der Waals surface area contributed by atoms with Gasteiger partial charge in [-0.05, 0) is 57.9 Å². The lowest BCUT2D eigenvalue weighted by atomic mass is 10.2. The molecule has 0 aliphatic heterocycles. The van der Waals surface area contributed by atoms with Gasteiger partial charge in [-0.3, -0.25) is 4.79 Å². The molecule has 0 saturated carbocycles. The number of hydrogen-bond donors (Lipinski definition) is 3. The number of amides is 1. The molecule has 3 N–H and O–H groups in total. The van der Waals surface area contributed by atoms with Crippen molar-refractivity contribution in [3.63, 3.8) is 0 Å². The van der Waals surface area contributed by atoms with Gasteiger partial charge in [0.15, 0.2) is 11.5 Å². The number of carbonyl (C=O) groups is 1. The highest BCUT2D eigenvalue weighted by atomic mass is 79.9. The molecule has 108 valence electrons. The Morgan fingerprint density at radius 2 is 1.90 bits per heavy atom. The van der Waals surface area contributed by atoms with Gasteiger partial charge in [0.2, 0.25) is 0 Å². The lowest BCUT2D eigenvalue weighted by Gasteiger charge is -2.02. The van der Waals surface area contributed by atoms with Crippen LogP contribution in [0, 0.1) is 0 Å². The van der Waals surface area contributed by atoms with E-state index in [0.29, 0.717) is 20.6 Å². The molecule has 0 saturated heterocycles. The quantitative estimate of drug-likeness (QED) is 0.441. The van der Waals surface area contributed by atoms with Crippen LogP contribution < -0.4 is 5.43 Å². The van der Waals surface area contributed by atoms with E-state index in [-0.39, 0.29) is 17.4 Å². The number of benzene rings is 2. The first-order valence-corrected chi connectivity index (χ1v) is 6.95. The third kappa shape index (κ3) is 3.96. The van der Waals surface area contributed by atoms with E-state index in [9.17, 15) is 15.0 Å². The second kappa shape index (κ2) is 6.60. The van der Waals surface area contributed by atoms with Crippen molar-refractivity contribution >= 4 is 39.7 Å². The molecule has 0 heterocycles. The summed E-state index contributed by atoms with van der Waals surface area (Å²) in [4.78, 5) is 11.8. The Bertz CT molecular complexity index is 679. The summed E-state index contributed by atoms with van der Waals surface area (Å²) in [6.07, 6.45) is 1.34. The highest BCUT2D eigenvalue weighted by molar-refractivity contribution is 9.10. The zero-order chi connectivity index (χ0) is 15.4. The first kappa shape index (κ1) is 15.3. The minimum Gasteiger partial charge on any atom is -0.504 e. The summed E-state index contributed by atoms with van der Waals surface area (Å²) in [5, 5.41) is 23.2. The Labute approximate surface area is 134 Å². The van der Waals surface area contributed by atoms with Crippen molar-refractivity contribution in [2.45, 2.75) is 0 Å². The minimum atomic E-state index is -0.384. The van der Waals surface area contributed by atoms with Gasteiger partial charge in [-0.2, -0.15) is 5.10 Å². The molecule has 5 nitrogen and oxygen atoms in total. The smallest absolute Gasteiger partial charge is 0.271 e. The van der Waals surface area contributed by atoms with E-state index < -0.39 is 0 Å². The van der Waals surface area contributed by atoms with Gasteiger partial charge in [0.25, 0.3) is 5.91 Å². The van der Waals surface area contributed by atoms with E-state index in [2.05, 4.69) is 26.5 Å². The Morgan fingerprint density at radius 3 is 2.52 bits per heavy atom. The summed E-state index contributed by atoms with van der Waals surface area (Å²) in [5.41, 5.74) is 3.28. The van der Waals surface area contributed by atoms with Crippen molar-refractivity contribution in [1.82, 2.24) is 5.43 Å². The van der Waals surface area contributed by atoms with Gasteiger partial charge in [-0.1, -0.05) is 11.6 Å². The van der Waals surface area contributed by atoms with Crippen molar-refractivity contribution in [1.29, 1.82) is 0 Å². The number of hydrogen-bond acceptors (Lipinski definition) is 4. The second-order valence-electron chi connectivity index (χ2n) is 4.08. The van der Waals surface area contributed by atoms with E-state index in [4.69, 9.17) is 11.6 Å². The number of hydrazone groups is 1. The maximum absolute atomic E-state index is 11.8. The van der Waals surface area contributed by atoms with Crippen LogP contribution in [-0.2, 0) is 0 Å². The van der Waals surface area contributed by atoms with Gasteiger partial charge in [0.05, 0.1) is 10.7 Å². The fourth-order valence-electron chi connectivity index (χ4n) is 1.51. The molecule has 2 aromatic carbocycles. The summed E-state index contributed by atoms with van der Waals surface area (Å²) in [5.74, 6) is -0.919. The van der Waals surface area contributed by atoms with Crippen molar-refractivity contribution < 1.29 is 15.0 Å². The number of phenols is 2. The van der Waals surface area contributed by atoms with Gasteiger partial charge in [-0.15, -0.1) is 0 Å². The van der Waals surface area contributed by atoms with Gasteiger partial charge < -0.3 is 10.2 Å². The van der Waals surface area contributed by atoms with Gasteiger partial charge >= 0.3 is 0 Å². The van der Waals surface area contributed by atoms with Crippen LogP contribution in [0.5, 0.6) is 11.5 Å². The number of rotatable bonds is 3. The molecular formula is C14H10BrClN2O3. The average molecular weight is 370 g/mol. The van der Waals surface area contributed by atoms with Crippen LogP contribution in [0.25, 0.3) is 0 Å². The third-order valence-electron chi connectivity index (χ3n) is 2.55. The van der Waals surface area contributed by atoms with E-state index in [0.717, 1.165) is 0 Å². The molecule has 21 heavy (non-hydrogen) atoms. The first-order valence-electron chi connectivity index (χ1n) is 5.78. The van der Waals surface area contributed by atoms with E-state index in [1.54, 1.807) is 30.3 Å². The summed E-state index contributed by atoms with van der Waals surface area (Å²) in [6, 6.07) is 9.24. The molecular weight excluding hydrogens is 360 g/mol. The molecule has 0 radical (unpaired) electrons. The fourth-order valence-corrected chi connectivity index (χ4v) is 2.10. The van der Waals surface area contributed by atoms with Crippen LogP contribution in [0.2, 0.25) is 5.02 Å². The third-order valence-corrected chi connectivity index (χ3v) is 3.41. The molecule has 7 heteroatoms. The van der Waals surface area contributed by atoms with E-state index >= 15 is 0 Å². The molecule has 0 fully saturated rings. The normalized spacial score (nSPS) is 10.8.